The largest absolute Gasteiger partial charge is 0.465 e. The summed E-state index contributed by atoms with van der Waals surface area (Å²) in [6.07, 6.45) is -1.24. The maximum atomic E-state index is 11.6. The Balaban J connectivity index is 2.82. The number of sulfone groups is 1. The highest BCUT2D eigenvalue weighted by Crippen LogP contribution is 2.12. The third-order valence-corrected chi connectivity index (χ3v) is 3.68. The van der Waals surface area contributed by atoms with Crippen LogP contribution in [0.2, 0.25) is 0 Å². The van der Waals surface area contributed by atoms with Crippen molar-refractivity contribution in [2.24, 2.45) is 0 Å². The first-order valence-corrected chi connectivity index (χ1v) is 6.95. The summed E-state index contributed by atoms with van der Waals surface area (Å²) < 4.78 is 24.2. The molecule has 0 radical (unpaired) electrons. The van der Waals surface area contributed by atoms with E-state index in [0.29, 0.717) is 0 Å². The summed E-state index contributed by atoms with van der Waals surface area (Å²) in [6.45, 7) is -0.223. The van der Waals surface area contributed by atoms with Crippen LogP contribution < -0.4 is 5.32 Å². The SMILES string of the molecule is O=C(O)NCC#CS(=O)(=O)c1ccc(I)cc1. The van der Waals surface area contributed by atoms with Gasteiger partial charge in [0.15, 0.2) is 0 Å². The molecule has 0 aliphatic carbocycles. The van der Waals surface area contributed by atoms with Crippen LogP contribution in [-0.2, 0) is 9.84 Å². The lowest BCUT2D eigenvalue weighted by molar-refractivity contribution is 0.196. The fourth-order valence-corrected chi connectivity index (χ4v) is 2.16. The maximum absolute atomic E-state index is 11.6. The second-order valence-electron chi connectivity index (χ2n) is 2.89. The molecule has 1 aromatic carbocycles. The van der Waals surface area contributed by atoms with E-state index >= 15 is 0 Å². The fourth-order valence-electron chi connectivity index (χ4n) is 0.924. The van der Waals surface area contributed by atoms with Crippen LogP contribution in [0.4, 0.5) is 4.79 Å². The molecule has 0 spiro atoms. The number of nitrogens with one attached hydrogen (secondary N) is 1. The Bertz CT molecular complexity index is 569. The standard InChI is InChI=1S/C10H8INO4S/c11-8-2-4-9(5-3-8)17(15,16)7-1-6-12-10(13)14/h2-5,12H,6H2,(H,13,14). The minimum absolute atomic E-state index is 0.0979. The van der Waals surface area contributed by atoms with Crippen LogP contribution >= 0.6 is 22.6 Å². The summed E-state index contributed by atoms with van der Waals surface area (Å²) in [5.74, 6) is 2.24. The van der Waals surface area contributed by atoms with Crippen molar-refractivity contribution in [1.82, 2.24) is 5.32 Å². The van der Waals surface area contributed by atoms with Gasteiger partial charge in [-0.05, 0) is 46.9 Å². The van der Waals surface area contributed by atoms with Gasteiger partial charge >= 0.3 is 6.09 Å². The first-order chi connectivity index (χ1) is 7.92. The molecule has 0 heterocycles. The topological polar surface area (TPSA) is 83.5 Å². The summed E-state index contributed by atoms with van der Waals surface area (Å²) in [6, 6.07) is 6.22. The number of amides is 1. The monoisotopic (exact) mass is 365 g/mol. The van der Waals surface area contributed by atoms with Crippen LogP contribution in [0.5, 0.6) is 0 Å². The van der Waals surface area contributed by atoms with Gasteiger partial charge in [0.2, 0.25) is 9.84 Å². The number of carboxylic acid groups (broad SMARTS) is 1. The second-order valence-corrected chi connectivity index (χ2v) is 5.82. The molecule has 7 heteroatoms. The molecule has 1 amide bonds. The number of halogens is 1. The van der Waals surface area contributed by atoms with Crippen LogP contribution in [-0.4, -0.2) is 26.2 Å². The molecule has 0 fully saturated rings. The van der Waals surface area contributed by atoms with Crippen LogP contribution in [0.1, 0.15) is 0 Å². The van der Waals surface area contributed by atoms with E-state index in [2.05, 4.69) is 28.5 Å². The Kier molecular flexibility index (Phi) is 4.77. The molecule has 90 valence electrons. The number of carbonyl (C=O) groups is 1. The molecule has 0 aliphatic heterocycles. The smallest absolute Gasteiger partial charge is 0.405 e. The van der Waals surface area contributed by atoms with Crippen molar-refractivity contribution >= 4 is 38.5 Å². The number of benzene rings is 1. The highest BCUT2D eigenvalue weighted by Gasteiger charge is 2.09. The molecule has 0 aromatic heterocycles. The maximum Gasteiger partial charge on any atom is 0.405 e. The van der Waals surface area contributed by atoms with E-state index in [-0.39, 0.29) is 11.4 Å². The van der Waals surface area contributed by atoms with Crippen molar-refractivity contribution in [2.45, 2.75) is 4.90 Å². The number of rotatable bonds is 2. The first kappa shape index (κ1) is 13.8. The van der Waals surface area contributed by atoms with Gasteiger partial charge in [0.05, 0.1) is 11.4 Å². The van der Waals surface area contributed by atoms with Crippen LogP contribution in [0.3, 0.4) is 0 Å². The average molecular weight is 365 g/mol. The normalized spacial score (nSPS) is 10.2. The molecule has 0 saturated carbocycles. The Labute approximate surface area is 112 Å². The Morgan fingerprint density at radius 1 is 1.35 bits per heavy atom. The van der Waals surface area contributed by atoms with E-state index in [4.69, 9.17) is 5.11 Å². The molecule has 0 bridgehead atoms. The molecule has 17 heavy (non-hydrogen) atoms. The quantitative estimate of drug-likeness (QED) is 0.470. The van der Waals surface area contributed by atoms with Crippen molar-refractivity contribution in [3.8, 4) is 11.2 Å². The van der Waals surface area contributed by atoms with Crippen LogP contribution in [0.15, 0.2) is 29.2 Å². The van der Waals surface area contributed by atoms with Crippen molar-refractivity contribution in [3.63, 3.8) is 0 Å². The summed E-state index contributed by atoms with van der Waals surface area (Å²) in [7, 11) is -3.67. The molecule has 5 nitrogen and oxygen atoms in total. The predicted molar refractivity (Wildman–Crippen MR) is 70.1 cm³/mol. The minimum atomic E-state index is -3.67. The molecule has 1 rings (SSSR count). The van der Waals surface area contributed by atoms with E-state index < -0.39 is 15.9 Å². The lowest BCUT2D eigenvalue weighted by atomic mass is 10.4. The first-order valence-electron chi connectivity index (χ1n) is 4.39. The Morgan fingerprint density at radius 3 is 2.47 bits per heavy atom. The van der Waals surface area contributed by atoms with Gasteiger partial charge in [-0.2, -0.15) is 0 Å². The van der Waals surface area contributed by atoms with Gasteiger partial charge in [-0.25, -0.2) is 13.2 Å². The minimum Gasteiger partial charge on any atom is -0.465 e. The van der Waals surface area contributed by atoms with E-state index in [1.54, 1.807) is 12.1 Å². The summed E-state index contributed by atoms with van der Waals surface area (Å²) in [4.78, 5) is 10.2. The average Bonchev–Trinajstić information content (AvgIpc) is 2.25. The molecule has 2 N–H and O–H groups in total. The zero-order chi connectivity index (χ0) is 12.9. The summed E-state index contributed by atoms with van der Waals surface area (Å²) >= 11 is 2.06. The van der Waals surface area contributed by atoms with E-state index in [1.807, 2.05) is 10.6 Å². The third kappa shape index (κ3) is 4.62. The lowest BCUT2D eigenvalue weighted by Crippen LogP contribution is -2.20. The fraction of sp³-hybridized carbons (Fsp3) is 0.100. The summed E-state index contributed by atoms with van der Waals surface area (Å²) in [5, 5.41) is 12.3. The summed E-state index contributed by atoms with van der Waals surface area (Å²) in [5.41, 5.74) is 0. The van der Waals surface area contributed by atoms with Crippen molar-refractivity contribution in [1.29, 1.82) is 0 Å². The lowest BCUT2D eigenvalue weighted by Gasteiger charge is -1.96. The Hall–Kier alpha value is -1.27. The van der Waals surface area contributed by atoms with Crippen molar-refractivity contribution in [2.75, 3.05) is 6.54 Å². The molecule has 0 atom stereocenters. The second kappa shape index (κ2) is 5.88. The molecule has 0 saturated heterocycles. The molecular formula is C10H8INO4S. The molecule has 1 aromatic rings. The van der Waals surface area contributed by atoms with Crippen LogP contribution in [0, 0.1) is 14.7 Å². The van der Waals surface area contributed by atoms with Gasteiger partial charge in [-0.3, -0.25) is 0 Å². The highest BCUT2D eigenvalue weighted by molar-refractivity contribution is 14.1. The van der Waals surface area contributed by atoms with Gasteiger partial charge < -0.3 is 10.4 Å². The third-order valence-electron chi connectivity index (χ3n) is 1.66. The van der Waals surface area contributed by atoms with Gasteiger partial charge in [-0.1, -0.05) is 5.92 Å². The van der Waals surface area contributed by atoms with Gasteiger partial charge in [0.25, 0.3) is 0 Å². The van der Waals surface area contributed by atoms with Crippen molar-refractivity contribution in [3.05, 3.63) is 27.8 Å². The highest BCUT2D eigenvalue weighted by atomic mass is 127. The zero-order valence-corrected chi connectivity index (χ0v) is 11.4. The van der Waals surface area contributed by atoms with E-state index in [9.17, 15) is 13.2 Å². The Morgan fingerprint density at radius 2 is 1.94 bits per heavy atom. The zero-order valence-electron chi connectivity index (χ0n) is 8.47. The number of hydrogen-bond donors (Lipinski definition) is 2. The van der Waals surface area contributed by atoms with Crippen LogP contribution in [0.25, 0.3) is 0 Å². The van der Waals surface area contributed by atoms with Gasteiger partial charge in [0.1, 0.15) is 0 Å². The number of hydrogen-bond acceptors (Lipinski definition) is 3. The van der Waals surface area contributed by atoms with Gasteiger partial charge in [-0.15, -0.1) is 0 Å². The molecule has 0 aliphatic rings. The molecule has 0 unspecified atom stereocenters. The predicted octanol–water partition coefficient (Wildman–Crippen LogP) is 1.29. The van der Waals surface area contributed by atoms with Gasteiger partial charge in [0, 0.05) is 8.82 Å². The van der Waals surface area contributed by atoms with E-state index in [0.717, 1.165) is 3.57 Å². The molecular weight excluding hydrogens is 357 g/mol. The van der Waals surface area contributed by atoms with E-state index in [1.165, 1.54) is 12.1 Å². The van der Waals surface area contributed by atoms with Crippen molar-refractivity contribution < 1.29 is 18.3 Å².